The highest BCUT2D eigenvalue weighted by Gasteiger charge is 2.21. The van der Waals surface area contributed by atoms with Gasteiger partial charge in [-0.05, 0) is 30.7 Å². The molecule has 38 heavy (non-hydrogen) atoms. The number of methoxy groups -OCH3 is 1. The van der Waals surface area contributed by atoms with Crippen molar-refractivity contribution in [2.24, 2.45) is 0 Å². The number of ether oxygens (including phenoxy) is 3. The van der Waals surface area contributed by atoms with Crippen molar-refractivity contribution in [3.63, 3.8) is 0 Å². The first kappa shape index (κ1) is 27.0. The molecule has 2 aromatic carbocycles. The van der Waals surface area contributed by atoms with Crippen molar-refractivity contribution in [2.45, 2.75) is 20.1 Å². The highest BCUT2D eigenvalue weighted by molar-refractivity contribution is 6.32. The van der Waals surface area contributed by atoms with Crippen LogP contribution < -0.4 is 19.9 Å². The largest absolute Gasteiger partial charge is 0.496 e. The molecule has 0 fully saturated rings. The van der Waals surface area contributed by atoms with Crippen LogP contribution in [0.2, 0.25) is 5.02 Å². The molecule has 2 aromatic heterocycles. The number of carbonyl (C=O) groups excluding carboxylic acids is 1. The molecule has 4 aromatic rings. The maximum Gasteiger partial charge on any atom is 0.332 e. The third-order valence-electron chi connectivity index (χ3n) is 5.83. The lowest BCUT2D eigenvalue weighted by Gasteiger charge is -2.18. The predicted molar refractivity (Wildman–Crippen MR) is 139 cm³/mol. The molecule has 4 rings (SSSR count). The molecule has 0 radical (unpaired) electrons. The molecule has 0 unspecified atom stereocenters. The maximum atomic E-state index is 14.5. The molecule has 0 aliphatic rings. The number of aromatic nitrogens is 3. The van der Waals surface area contributed by atoms with Gasteiger partial charge in [0.2, 0.25) is 0 Å². The van der Waals surface area contributed by atoms with Gasteiger partial charge in [-0.1, -0.05) is 17.7 Å². The molecule has 10 nitrogen and oxygen atoms in total. The summed E-state index contributed by atoms with van der Waals surface area (Å²) in [4.78, 5) is 33.6. The number of nitrogens with one attached hydrogen (secondary N) is 1. The first-order chi connectivity index (χ1) is 18.1. The Bertz CT molecular complexity index is 1570. The number of rotatable bonds is 9. The van der Waals surface area contributed by atoms with Gasteiger partial charge in [0.15, 0.2) is 23.8 Å². The van der Waals surface area contributed by atoms with E-state index in [1.807, 2.05) is 0 Å². The SMILES string of the molecule is COc1cccc(F)c1COc1cc(-n2c(=O)[nH]c3c(C)cc(CO)nc32)c(Cl)cc1OCC(=O)N(C)C. The number of fused-ring (bicyclic) bond motifs is 1. The van der Waals surface area contributed by atoms with Crippen LogP contribution in [0.1, 0.15) is 16.8 Å². The van der Waals surface area contributed by atoms with E-state index in [-0.39, 0.29) is 64.9 Å². The first-order valence-electron chi connectivity index (χ1n) is 11.5. The zero-order valence-electron chi connectivity index (χ0n) is 21.2. The molecule has 12 heteroatoms. The van der Waals surface area contributed by atoms with E-state index in [0.29, 0.717) is 16.8 Å². The van der Waals surface area contributed by atoms with Crippen molar-refractivity contribution >= 4 is 28.7 Å². The minimum absolute atomic E-state index is 0.0950. The van der Waals surface area contributed by atoms with E-state index in [1.165, 1.54) is 40.8 Å². The number of benzene rings is 2. The number of pyridine rings is 1. The van der Waals surface area contributed by atoms with Crippen molar-refractivity contribution in [3.05, 3.63) is 74.5 Å². The van der Waals surface area contributed by atoms with E-state index >= 15 is 0 Å². The number of aromatic amines is 1. The van der Waals surface area contributed by atoms with Crippen LogP contribution >= 0.6 is 11.6 Å². The lowest BCUT2D eigenvalue weighted by atomic mass is 10.2. The normalized spacial score (nSPS) is 11.0. The molecule has 0 saturated heterocycles. The van der Waals surface area contributed by atoms with Crippen LogP contribution in [0.15, 0.2) is 41.2 Å². The van der Waals surface area contributed by atoms with Crippen molar-refractivity contribution in [1.82, 2.24) is 19.4 Å². The number of hydrogen-bond acceptors (Lipinski definition) is 7. The Morgan fingerprint density at radius 2 is 1.92 bits per heavy atom. The second-order valence-corrected chi connectivity index (χ2v) is 9.00. The van der Waals surface area contributed by atoms with E-state index in [9.17, 15) is 19.1 Å². The van der Waals surface area contributed by atoms with Gasteiger partial charge in [0.25, 0.3) is 5.91 Å². The summed E-state index contributed by atoms with van der Waals surface area (Å²) in [5.41, 5.74) is 1.63. The summed E-state index contributed by atoms with van der Waals surface area (Å²) in [5, 5.41) is 9.72. The predicted octanol–water partition coefficient (Wildman–Crippen LogP) is 3.36. The summed E-state index contributed by atoms with van der Waals surface area (Å²) in [6.07, 6.45) is 0. The van der Waals surface area contributed by atoms with Crippen LogP contribution in [0.5, 0.6) is 17.2 Å². The number of imidazole rings is 1. The summed E-state index contributed by atoms with van der Waals surface area (Å²) in [6.45, 7) is 0.898. The van der Waals surface area contributed by atoms with E-state index in [0.717, 1.165) is 0 Å². The van der Waals surface area contributed by atoms with Crippen molar-refractivity contribution in [3.8, 4) is 22.9 Å². The van der Waals surface area contributed by atoms with Crippen LogP contribution in [-0.2, 0) is 18.0 Å². The van der Waals surface area contributed by atoms with E-state index in [1.54, 1.807) is 33.2 Å². The number of halogens is 2. The molecule has 200 valence electrons. The summed E-state index contributed by atoms with van der Waals surface area (Å²) < 4.78 is 32.7. The molecule has 0 bridgehead atoms. The summed E-state index contributed by atoms with van der Waals surface area (Å²) in [6, 6.07) is 8.91. The van der Waals surface area contributed by atoms with Crippen LogP contribution in [0.4, 0.5) is 4.39 Å². The lowest BCUT2D eigenvalue weighted by Crippen LogP contribution is -2.27. The summed E-state index contributed by atoms with van der Waals surface area (Å²) >= 11 is 6.58. The second-order valence-electron chi connectivity index (χ2n) is 8.59. The van der Waals surface area contributed by atoms with E-state index in [4.69, 9.17) is 25.8 Å². The van der Waals surface area contributed by atoms with Gasteiger partial charge in [0.1, 0.15) is 18.2 Å². The quantitative estimate of drug-likeness (QED) is 0.331. The zero-order chi connectivity index (χ0) is 27.6. The average molecular weight is 545 g/mol. The van der Waals surface area contributed by atoms with Crippen LogP contribution in [-0.4, -0.2) is 58.3 Å². The Balaban J connectivity index is 1.83. The van der Waals surface area contributed by atoms with Gasteiger partial charge in [-0.15, -0.1) is 0 Å². The van der Waals surface area contributed by atoms with Gasteiger partial charge >= 0.3 is 5.69 Å². The standard InChI is InChI=1S/C26H26ClFN4O6/c1-14-8-15(11-33)29-25-24(14)30-26(35)32(25)19-10-22(21(9-17(19)27)38-13-23(34)31(2)3)37-12-16-18(28)6-5-7-20(16)36-4/h5-10,33H,11-13H2,1-4H3,(H,30,35). The van der Waals surface area contributed by atoms with Crippen LogP contribution in [0.25, 0.3) is 16.9 Å². The van der Waals surface area contributed by atoms with E-state index in [2.05, 4.69) is 9.97 Å². The van der Waals surface area contributed by atoms with E-state index < -0.39 is 11.5 Å². The number of likely N-dealkylation sites (N-methyl/N-ethyl adjacent to an activating group) is 1. The Morgan fingerprint density at radius 3 is 2.61 bits per heavy atom. The maximum absolute atomic E-state index is 14.5. The number of H-pyrrole nitrogens is 1. The molecule has 2 heterocycles. The number of hydrogen-bond donors (Lipinski definition) is 2. The fourth-order valence-electron chi connectivity index (χ4n) is 3.81. The van der Waals surface area contributed by atoms with Gasteiger partial charge in [0.05, 0.1) is 41.2 Å². The Morgan fingerprint density at radius 1 is 1.18 bits per heavy atom. The molecule has 0 spiro atoms. The molecular formula is C26H26ClFN4O6. The molecule has 2 N–H and O–H groups in total. The number of aliphatic hydroxyl groups excluding tert-OH is 1. The molecule has 1 amide bonds. The Kier molecular flexibility index (Phi) is 7.88. The Hall–Kier alpha value is -4.09. The molecule has 0 aliphatic heterocycles. The minimum atomic E-state index is -0.534. The summed E-state index contributed by atoms with van der Waals surface area (Å²) in [5.74, 6) is -0.354. The zero-order valence-corrected chi connectivity index (χ0v) is 21.9. The highest BCUT2D eigenvalue weighted by Crippen LogP contribution is 2.37. The second kappa shape index (κ2) is 11.1. The topological polar surface area (TPSA) is 119 Å². The van der Waals surface area contributed by atoms with Gasteiger partial charge in [-0.2, -0.15) is 0 Å². The fourth-order valence-corrected chi connectivity index (χ4v) is 4.05. The van der Waals surface area contributed by atoms with Gasteiger partial charge in [-0.25, -0.2) is 18.7 Å². The molecule has 0 saturated carbocycles. The monoisotopic (exact) mass is 544 g/mol. The van der Waals surface area contributed by atoms with Crippen molar-refractivity contribution in [2.75, 3.05) is 27.8 Å². The lowest BCUT2D eigenvalue weighted by molar-refractivity contribution is -0.130. The molecule has 0 atom stereocenters. The molecule has 0 aliphatic carbocycles. The van der Waals surface area contributed by atoms with Gasteiger partial charge < -0.3 is 29.2 Å². The first-order valence-corrected chi connectivity index (χ1v) is 11.9. The number of carbonyl (C=O) groups is 1. The van der Waals surface area contributed by atoms with Crippen LogP contribution in [0.3, 0.4) is 0 Å². The number of aliphatic hydroxyl groups is 1. The number of amides is 1. The van der Waals surface area contributed by atoms with Gasteiger partial charge in [-0.3, -0.25) is 4.79 Å². The fraction of sp³-hybridized carbons (Fsp3) is 0.269. The number of aryl methyl sites for hydroxylation is 1. The molecular weight excluding hydrogens is 519 g/mol. The van der Waals surface area contributed by atoms with Gasteiger partial charge in [0, 0.05) is 26.2 Å². The Labute approximate surface area is 222 Å². The third kappa shape index (κ3) is 5.29. The smallest absolute Gasteiger partial charge is 0.332 e. The number of nitrogens with zero attached hydrogens (tertiary/aromatic N) is 3. The van der Waals surface area contributed by atoms with Crippen molar-refractivity contribution < 1.29 is 28.5 Å². The van der Waals surface area contributed by atoms with Crippen LogP contribution in [0, 0.1) is 12.7 Å². The average Bonchev–Trinajstić information content (AvgIpc) is 3.22. The third-order valence-corrected chi connectivity index (χ3v) is 6.13. The summed E-state index contributed by atoms with van der Waals surface area (Å²) in [7, 11) is 4.59. The van der Waals surface area contributed by atoms with Crippen molar-refractivity contribution in [1.29, 1.82) is 0 Å². The minimum Gasteiger partial charge on any atom is -0.496 e. The highest BCUT2D eigenvalue weighted by atomic mass is 35.5.